The van der Waals surface area contributed by atoms with Gasteiger partial charge in [0.05, 0.1) is 36.4 Å². The zero-order chi connectivity index (χ0) is 18.7. The number of nitrogens with zero attached hydrogens (tertiary/aromatic N) is 3. The summed E-state index contributed by atoms with van der Waals surface area (Å²) in [6.45, 7) is 0.0264. The van der Waals surface area contributed by atoms with Gasteiger partial charge in [0.1, 0.15) is 0 Å². The van der Waals surface area contributed by atoms with Gasteiger partial charge in [-0.1, -0.05) is 0 Å². The minimum absolute atomic E-state index is 0.199. The smallest absolute Gasteiger partial charge is 0.469 e. The van der Waals surface area contributed by atoms with E-state index in [9.17, 15) is 22.8 Å². The van der Waals surface area contributed by atoms with E-state index in [1.165, 1.54) is 18.2 Å². The number of methoxy groups -OCH3 is 1. The molecule has 142 valence electrons. The number of alkyl halides is 3. The van der Waals surface area contributed by atoms with Gasteiger partial charge < -0.3 is 9.64 Å². The fourth-order valence-electron chi connectivity index (χ4n) is 4.34. The molecule has 4 aliphatic rings. The summed E-state index contributed by atoms with van der Waals surface area (Å²) < 4.78 is 46.4. The fraction of sp³-hybridized carbons (Fsp3) is 0.688. The van der Waals surface area contributed by atoms with Gasteiger partial charge in [-0.3, -0.25) is 19.0 Å². The molecule has 0 atom stereocenters. The molecule has 2 bridgehead atoms. The van der Waals surface area contributed by atoms with Gasteiger partial charge in [0.2, 0.25) is 0 Å². The van der Waals surface area contributed by atoms with E-state index in [1.807, 2.05) is 0 Å². The van der Waals surface area contributed by atoms with Crippen molar-refractivity contribution in [3.05, 3.63) is 18.0 Å². The number of likely N-dealkylation sites (tertiary alicyclic amines) is 1. The van der Waals surface area contributed by atoms with E-state index < -0.39 is 18.4 Å². The zero-order valence-electron chi connectivity index (χ0n) is 14.1. The third-order valence-electron chi connectivity index (χ3n) is 5.66. The Hall–Kier alpha value is -2.10. The Bertz CT molecular complexity index is 734. The van der Waals surface area contributed by atoms with Gasteiger partial charge in [-0.15, -0.1) is 13.2 Å². The van der Waals surface area contributed by atoms with E-state index >= 15 is 0 Å². The molecule has 0 aromatic carbocycles. The van der Waals surface area contributed by atoms with Crippen LogP contribution in [0.3, 0.4) is 0 Å². The van der Waals surface area contributed by atoms with Crippen molar-refractivity contribution in [1.29, 1.82) is 0 Å². The molecule has 0 unspecified atom stereocenters. The largest absolute Gasteiger partial charge is 0.522 e. The highest BCUT2D eigenvalue weighted by Gasteiger charge is 2.74. The topological polar surface area (TPSA) is 73.7 Å². The number of hydrogen-bond donors (Lipinski definition) is 0. The molecular weight excluding hydrogens is 355 g/mol. The highest BCUT2D eigenvalue weighted by Crippen LogP contribution is 2.71. The molecule has 2 heterocycles. The lowest BCUT2D eigenvalue weighted by molar-refractivity contribution is -0.330. The predicted molar refractivity (Wildman–Crippen MR) is 79.9 cm³/mol. The van der Waals surface area contributed by atoms with Crippen molar-refractivity contribution in [3.8, 4) is 0 Å². The van der Waals surface area contributed by atoms with Crippen LogP contribution >= 0.6 is 0 Å². The number of carbonyl (C=O) groups excluding carboxylic acids is 2. The molecule has 4 fully saturated rings. The van der Waals surface area contributed by atoms with E-state index in [4.69, 9.17) is 4.74 Å². The maximum Gasteiger partial charge on any atom is 0.522 e. The lowest BCUT2D eigenvalue weighted by atomic mass is 9.39. The van der Waals surface area contributed by atoms with Gasteiger partial charge in [-0.05, 0) is 19.3 Å². The summed E-state index contributed by atoms with van der Waals surface area (Å²) in [6, 6.07) is 0. The number of rotatable bonds is 5. The van der Waals surface area contributed by atoms with Crippen molar-refractivity contribution < 1.29 is 32.2 Å². The Kier molecular flexibility index (Phi) is 3.63. The van der Waals surface area contributed by atoms with Crippen LogP contribution in [0.5, 0.6) is 0 Å². The first-order chi connectivity index (χ1) is 12.2. The summed E-state index contributed by atoms with van der Waals surface area (Å²) in [6.07, 6.45) is 0.443. The number of amides is 1. The second-order valence-electron chi connectivity index (χ2n) is 7.53. The van der Waals surface area contributed by atoms with E-state index in [-0.39, 0.29) is 36.4 Å². The van der Waals surface area contributed by atoms with Crippen molar-refractivity contribution in [2.45, 2.75) is 31.2 Å². The van der Waals surface area contributed by atoms with Crippen LogP contribution in [0.1, 0.15) is 29.6 Å². The Labute approximate surface area is 147 Å². The molecule has 0 radical (unpaired) electrons. The van der Waals surface area contributed by atoms with E-state index in [1.54, 1.807) is 10.9 Å². The summed E-state index contributed by atoms with van der Waals surface area (Å²) in [4.78, 5) is 25.6. The highest BCUT2D eigenvalue weighted by molar-refractivity contribution is 5.94. The van der Waals surface area contributed by atoms with Crippen LogP contribution in [0, 0.1) is 11.3 Å². The molecule has 7 nitrogen and oxygen atoms in total. The number of hydrogen-bond acceptors (Lipinski definition) is 5. The van der Waals surface area contributed by atoms with Crippen molar-refractivity contribution in [2.24, 2.45) is 11.3 Å². The standard InChI is InChI=1S/C16H18F3N3O4/c1-25-13(24)14-7-15(8-14,9-14)22-5-11(2-20-22)12(23)21-3-10(4-21)6-26-16(17,18)19/h2,5,10H,3-4,6-9H2,1H3. The molecule has 1 saturated heterocycles. The molecule has 10 heteroatoms. The minimum Gasteiger partial charge on any atom is -0.469 e. The van der Waals surface area contributed by atoms with Crippen LogP contribution in [0.4, 0.5) is 13.2 Å². The summed E-state index contributed by atoms with van der Waals surface area (Å²) in [5, 5.41) is 4.26. The average Bonchev–Trinajstić information content (AvgIpc) is 2.90. The Morgan fingerprint density at radius 3 is 2.54 bits per heavy atom. The normalized spacial score (nSPS) is 30.2. The third kappa shape index (κ3) is 2.58. The molecule has 1 aromatic heterocycles. The Morgan fingerprint density at radius 2 is 1.96 bits per heavy atom. The molecule has 1 amide bonds. The number of halogens is 3. The molecular formula is C16H18F3N3O4. The summed E-state index contributed by atoms with van der Waals surface area (Å²) in [5.41, 5.74) is -0.212. The lowest BCUT2D eigenvalue weighted by Gasteiger charge is -2.67. The van der Waals surface area contributed by atoms with Gasteiger partial charge in [-0.2, -0.15) is 5.10 Å². The first-order valence-electron chi connectivity index (χ1n) is 8.30. The molecule has 3 aliphatic carbocycles. The van der Waals surface area contributed by atoms with Gasteiger partial charge in [0, 0.05) is 25.2 Å². The van der Waals surface area contributed by atoms with E-state index in [0.717, 1.165) is 0 Å². The van der Waals surface area contributed by atoms with Crippen LogP contribution in [0.25, 0.3) is 0 Å². The van der Waals surface area contributed by atoms with Crippen LogP contribution in [-0.4, -0.2) is 59.7 Å². The minimum atomic E-state index is -4.64. The number of esters is 1. The molecule has 0 N–H and O–H groups in total. The summed E-state index contributed by atoms with van der Waals surface area (Å²) in [5.74, 6) is -0.766. The van der Waals surface area contributed by atoms with Crippen LogP contribution in [-0.2, 0) is 19.8 Å². The maximum absolute atomic E-state index is 12.4. The first-order valence-corrected chi connectivity index (χ1v) is 8.30. The molecule has 5 rings (SSSR count). The lowest BCUT2D eigenvalue weighted by Crippen LogP contribution is -2.71. The monoisotopic (exact) mass is 373 g/mol. The van der Waals surface area contributed by atoms with Crippen molar-refractivity contribution in [1.82, 2.24) is 14.7 Å². The van der Waals surface area contributed by atoms with Crippen molar-refractivity contribution >= 4 is 11.9 Å². The van der Waals surface area contributed by atoms with Gasteiger partial charge in [0.15, 0.2) is 0 Å². The second kappa shape index (κ2) is 5.45. The predicted octanol–water partition coefficient (Wildman–Crippen LogP) is 1.54. The quantitative estimate of drug-likeness (QED) is 0.732. The molecule has 1 aromatic rings. The van der Waals surface area contributed by atoms with Gasteiger partial charge in [0.25, 0.3) is 5.91 Å². The Balaban J connectivity index is 1.30. The van der Waals surface area contributed by atoms with Crippen LogP contribution in [0.15, 0.2) is 12.4 Å². The fourth-order valence-corrected chi connectivity index (χ4v) is 4.34. The highest BCUT2D eigenvalue weighted by atomic mass is 19.4. The van der Waals surface area contributed by atoms with E-state index in [0.29, 0.717) is 24.8 Å². The van der Waals surface area contributed by atoms with Crippen LogP contribution in [0.2, 0.25) is 0 Å². The SMILES string of the molecule is COC(=O)C12CC(n3cc(C(=O)N4CC(COC(F)(F)F)C4)cn3)(C1)C2. The summed E-state index contributed by atoms with van der Waals surface area (Å²) >= 11 is 0. The molecule has 0 spiro atoms. The molecule has 3 saturated carbocycles. The molecule has 26 heavy (non-hydrogen) atoms. The maximum atomic E-state index is 12.4. The van der Waals surface area contributed by atoms with Crippen molar-refractivity contribution in [3.63, 3.8) is 0 Å². The number of ether oxygens (including phenoxy) is 2. The second-order valence-corrected chi connectivity index (χ2v) is 7.53. The number of aromatic nitrogens is 2. The average molecular weight is 373 g/mol. The Morgan fingerprint density at radius 1 is 1.31 bits per heavy atom. The van der Waals surface area contributed by atoms with E-state index in [2.05, 4.69) is 9.84 Å². The molecule has 1 aliphatic heterocycles. The first kappa shape index (κ1) is 17.3. The third-order valence-corrected chi connectivity index (χ3v) is 5.66. The van der Waals surface area contributed by atoms with Crippen molar-refractivity contribution in [2.75, 3.05) is 26.8 Å². The van der Waals surface area contributed by atoms with Crippen LogP contribution < -0.4 is 0 Å². The number of carbonyl (C=O) groups is 2. The van der Waals surface area contributed by atoms with Gasteiger partial charge in [-0.25, -0.2) is 0 Å². The van der Waals surface area contributed by atoms with Gasteiger partial charge >= 0.3 is 12.3 Å². The zero-order valence-corrected chi connectivity index (χ0v) is 14.1. The summed E-state index contributed by atoms with van der Waals surface area (Å²) in [7, 11) is 1.38.